The molecule has 0 saturated heterocycles. The number of nitrogens with two attached hydrogens (primary N) is 1. The van der Waals surface area contributed by atoms with Crippen LogP contribution >= 0.6 is 0 Å². The molecule has 1 amide bonds. The van der Waals surface area contributed by atoms with Crippen molar-refractivity contribution >= 4 is 17.6 Å². The standard InChI is InChI=1S/C13H18N2O3/c1-8(2)12(13(17)18)15-11(16)7-9-4-3-5-10(14)6-9/h3-6,8,12H,7,14H2,1-2H3,(H,15,16)(H,17,18)/t12-/m0/s1. The molecular weight excluding hydrogens is 232 g/mol. The zero-order valence-electron chi connectivity index (χ0n) is 10.5. The molecule has 0 radical (unpaired) electrons. The molecule has 1 atom stereocenters. The van der Waals surface area contributed by atoms with E-state index in [9.17, 15) is 9.59 Å². The lowest BCUT2D eigenvalue weighted by molar-refractivity contribution is -0.143. The van der Waals surface area contributed by atoms with E-state index in [1.54, 1.807) is 38.1 Å². The molecule has 98 valence electrons. The van der Waals surface area contributed by atoms with Gasteiger partial charge in [-0.3, -0.25) is 4.79 Å². The van der Waals surface area contributed by atoms with E-state index >= 15 is 0 Å². The lowest BCUT2D eigenvalue weighted by atomic mass is 10.0. The summed E-state index contributed by atoms with van der Waals surface area (Å²) in [5, 5.41) is 11.5. The van der Waals surface area contributed by atoms with Gasteiger partial charge in [-0.1, -0.05) is 26.0 Å². The summed E-state index contributed by atoms with van der Waals surface area (Å²) in [5.41, 5.74) is 6.95. The first-order chi connectivity index (χ1) is 8.40. The maximum atomic E-state index is 11.7. The van der Waals surface area contributed by atoms with E-state index < -0.39 is 12.0 Å². The predicted molar refractivity (Wildman–Crippen MR) is 69.0 cm³/mol. The molecular formula is C13H18N2O3. The minimum absolute atomic E-state index is 0.127. The van der Waals surface area contributed by atoms with Gasteiger partial charge >= 0.3 is 5.97 Å². The maximum absolute atomic E-state index is 11.7. The van der Waals surface area contributed by atoms with Gasteiger partial charge in [-0.2, -0.15) is 0 Å². The van der Waals surface area contributed by atoms with Crippen LogP contribution in [-0.2, 0) is 16.0 Å². The van der Waals surface area contributed by atoms with E-state index in [4.69, 9.17) is 10.8 Å². The molecule has 0 saturated carbocycles. The fourth-order valence-electron chi connectivity index (χ4n) is 1.63. The van der Waals surface area contributed by atoms with E-state index in [1.165, 1.54) is 0 Å². The molecule has 0 fully saturated rings. The van der Waals surface area contributed by atoms with Crippen molar-refractivity contribution in [2.75, 3.05) is 5.73 Å². The summed E-state index contributed by atoms with van der Waals surface area (Å²) in [7, 11) is 0. The molecule has 0 aliphatic rings. The van der Waals surface area contributed by atoms with Crippen molar-refractivity contribution in [3.63, 3.8) is 0 Å². The monoisotopic (exact) mass is 250 g/mol. The highest BCUT2D eigenvalue weighted by atomic mass is 16.4. The Hall–Kier alpha value is -2.04. The molecule has 18 heavy (non-hydrogen) atoms. The zero-order valence-corrected chi connectivity index (χ0v) is 10.5. The first-order valence-corrected chi connectivity index (χ1v) is 5.76. The van der Waals surface area contributed by atoms with Crippen molar-refractivity contribution in [3.8, 4) is 0 Å². The molecule has 1 aromatic carbocycles. The number of aliphatic carboxylic acids is 1. The molecule has 0 unspecified atom stereocenters. The molecule has 0 bridgehead atoms. The Balaban J connectivity index is 2.63. The predicted octanol–water partition coefficient (Wildman–Crippen LogP) is 1.04. The van der Waals surface area contributed by atoms with Gasteiger partial charge in [0, 0.05) is 5.69 Å². The van der Waals surface area contributed by atoms with Crippen molar-refractivity contribution in [2.24, 2.45) is 5.92 Å². The Morgan fingerprint density at radius 2 is 2.06 bits per heavy atom. The van der Waals surface area contributed by atoms with Crippen LogP contribution in [0, 0.1) is 5.92 Å². The van der Waals surface area contributed by atoms with Crippen molar-refractivity contribution in [3.05, 3.63) is 29.8 Å². The lowest BCUT2D eigenvalue weighted by Gasteiger charge is -2.17. The van der Waals surface area contributed by atoms with Crippen molar-refractivity contribution in [1.29, 1.82) is 0 Å². The molecule has 5 nitrogen and oxygen atoms in total. The van der Waals surface area contributed by atoms with Gasteiger partial charge in [0.1, 0.15) is 6.04 Å². The average Bonchev–Trinajstić information content (AvgIpc) is 2.25. The Morgan fingerprint density at radius 3 is 2.56 bits per heavy atom. The van der Waals surface area contributed by atoms with Gasteiger partial charge in [0.2, 0.25) is 5.91 Å². The number of carboxylic acid groups (broad SMARTS) is 1. The van der Waals surface area contributed by atoms with Crippen LogP contribution in [0.2, 0.25) is 0 Å². The number of hydrogen-bond acceptors (Lipinski definition) is 3. The Bertz CT molecular complexity index is 444. The van der Waals surface area contributed by atoms with Gasteiger partial charge in [-0.05, 0) is 23.6 Å². The number of anilines is 1. The molecule has 1 rings (SSSR count). The topological polar surface area (TPSA) is 92.4 Å². The first kappa shape index (κ1) is 14.0. The summed E-state index contributed by atoms with van der Waals surface area (Å²) in [6.45, 7) is 3.50. The lowest BCUT2D eigenvalue weighted by Crippen LogP contribution is -2.44. The number of carbonyl (C=O) groups excluding carboxylic acids is 1. The van der Waals surface area contributed by atoms with Crippen LogP contribution in [0.4, 0.5) is 5.69 Å². The highest BCUT2D eigenvalue weighted by Crippen LogP contribution is 2.08. The van der Waals surface area contributed by atoms with E-state index in [1.807, 2.05) is 0 Å². The third-order valence-corrected chi connectivity index (χ3v) is 2.56. The van der Waals surface area contributed by atoms with E-state index in [2.05, 4.69) is 5.32 Å². The van der Waals surface area contributed by atoms with E-state index in [-0.39, 0.29) is 18.2 Å². The van der Waals surface area contributed by atoms with Crippen LogP contribution in [0.15, 0.2) is 24.3 Å². The quantitative estimate of drug-likeness (QED) is 0.681. The average molecular weight is 250 g/mol. The van der Waals surface area contributed by atoms with Gasteiger partial charge < -0.3 is 16.2 Å². The minimum Gasteiger partial charge on any atom is -0.480 e. The fraction of sp³-hybridized carbons (Fsp3) is 0.385. The molecule has 0 aromatic heterocycles. The largest absolute Gasteiger partial charge is 0.480 e. The fourth-order valence-corrected chi connectivity index (χ4v) is 1.63. The second-order valence-corrected chi connectivity index (χ2v) is 4.55. The number of rotatable bonds is 5. The normalized spacial score (nSPS) is 12.2. The minimum atomic E-state index is -1.02. The van der Waals surface area contributed by atoms with Crippen molar-refractivity contribution in [2.45, 2.75) is 26.3 Å². The second-order valence-electron chi connectivity index (χ2n) is 4.55. The van der Waals surface area contributed by atoms with Gasteiger partial charge in [0.05, 0.1) is 6.42 Å². The molecule has 0 aliphatic carbocycles. The second kappa shape index (κ2) is 6.05. The van der Waals surface area contributed by atoms with Crippen LogP contribution < -0.4 is 11.1 Å². The van der Waals surface area contributed by atoms with Gasteiger partial charge in [-0.25, -0.2) is 4.79 Å². The summed E-state index contributed by atoms with van der Waals surface area (Å²) in [6.07, 6.45) is 0.127. The number of hydrogen-bond donors (Lipinski definition) is 3. The molecule has 0 aliphatic heterocycles. The number of benzene rings is 1. The van der Waals surface area contributed by atoms with Crippen LogP contribution in [0.25, 0.3) is 0 Å². The SMILES string of the molecule is CC(C)[C@H](NC(=O)Cc1cccc(N)c1)C(=O)O. The zero-order chi connectivity index (χ0) is 13.7. The highest BCUT2D eigenvalue weighted by molar-refractivity contribution is 5.85. The molecule has 1 aromatic rings. The van der Waals surface area contributed by atoms with Crippen LogP contribution in [0.3, 0.4) is 0 Å². The molecule has 0 spiro atoms. The molecule has 5 heteroatoms. The van der Waals surface area contributed by atoms with Crippen molar-refractivity contribution < 1.29 is 14.7 Å². The van der Waals surface area contributed by atoms with Gasteiger partial charge in [-0.15, -0.1) is 0 Å². The van der Waals surface area contributed by atoms with E-state index in [0.717, 1.165) is 5.56 Å². The van der Waals surface area contributed by atoms with Gasteiger partial charge in [0.25, 0.3) is 0 Å². The number of carboxylic acids is 1. The van der Waals surface area contributed by atoms with Crippen LogP contribution in [0.5, 0.6) is 0 Å². The Labute approximate surface area is 106 Å². The summed E-state index contributed by atoms with van der Waals surface area (Å²) < 4.78 is 0. The summed E-state index contributed by atoms with van der Waals surface area (Å²) in [6, 6.07) is 6.11. The summed E-state index contributed by atoms with van der Waals surface area (Å²) >= 11 is 0. The Kier molecular flexibility index (Phi) is 4.71. The third kappa shape index (κ3) is 4.08. The van der Waals surface area contributed by atoms with E-state index in [0.29, 0.717) is 5.69 Å². The third-order valence-electron chi connectivity index (χ3n) is 2.56. The van der Waals surface area contributed by atoms with Crippen LogP contribution in [-0.4, -0.2) is 23.0 Å². The number of nitrogens with one attached hydrogen (secondary N) is 1. The molecule has 0 heterocycles. The number of nitrogen functional groups attached to an aromatic ring is 1. The van der Waals surface area contributed by atoms with Gasteiger partial charge in [0.15, 0.2) is 0 Å². The summed E-state index contributed by atoms with van der Waals surface area (Å²) in [5.74, 6) is -1.50. The maximum Gasteiger partial charge on any atom is 0.326 e. The number of amides is 1. The Morgan fingerprint density at radius 1 is 1.39 bits per heavy atom. The van der Waals surface area contributed by atoms with Crippen molar-refractivity contribution in [1.82, 2.24) is 5.32 Å². The smallest absolute Gasteiger partial charge is 0.326 e. The highest BCUT2D eigenvalue weighted by Gasteiger charge is 2.23. The first-order valence-electron chi connectivity index (χ1n) is 5.76. The summed E-state index contributed by atoms with van der Waals surface area (Å²) in [4.78, 5) is 22.7. The molecule has 4 N–H and O–H groups in total. The van der Waals surface area contributed by atoms with Crippen LogP contribution in [0.1, 0.15) is 19.4 Å². The number of carbonyl (C=O) groups is 2.